The molecule has 0 heterocycles. The predicted molar refractivity (Wildman–Crippen MR) is 94.4 cm³/mol. The second-order valence-corrected chi connectivity index (χ2v) is 5.39. The third-order valence-electron chi connectivity index (χ3n) is 3.72. The van der Waals surface area contributed by atoms with Crippen LogP contribution in [-0.2, 0) is 5.60 Å². The largest absolute Gasteiger partial charge is 0.367 e. The molecule has 3 aromatic rings. The van der Waals surface area contributed by atoms with Crippen molar-refractivity contribution in [3.63, 3.8) is 0 Å². The molecule has 1 unspecified atom stereocenters. The first-order chi connectivity index (χ1) is 11.7. The summed E-state index contributed by atoms with van der Waals surface area (Å²) in [5, 5.41) is 11.1. The van der Waals surface area contributed by atoms with Crippen molar-refractivity contribution in [3.05, 3.63) is 108 Å². The molecule has 0 saturated heterocycles. The van der Waals surface area contributed by atoms with E-state index in [2.05, 4.69) is 11.8 Å². The minimum atomic E-state index is -1.89. The van der Waals surface area contributed by atoms with Crippen LogP contribution in [0, 0.1) is 11.8 Å². The zero-order valence-corrected chi connectivity index (χ0v) is 13.0. The summed E-state index contributed by atoms with van der Waals surface area (Å²) in [5.74, 6) is 5.26. The highest BCUT2D eigenvalue weighted by Gasteiger charge is 2.36. The van der Waals surface area contributed by atoms with Crippen LogP contribution < -0.4 is 0 Å². The third kappa shape index (κ3) is 3.27. The van der Waals surface area contributed by atoms with E-state index in [1.807, 2.05) is 42.5 Å². The molecule has 1 atom stereocenters. The lowest BCUT2D eigenvalue weighted by molar-refractivity contribution is 0.0554. The van der Waals surface area contributed by atoms with Crippen LogP contribution in [0.25, 0.3) is 0 Å². The third-order valence-corrected chi connectivity index (χ3v) is 3.72. The van der Waals surface area contributed by atoms with Gasteiger partial charge in [-0.25, -0.2) is 0 Å². The topological polar surface area (TPSA) is 37.3 Å². The maximum atomic E-state index is 12.9. The second-order valence-electron chi connectivity index (χ2n) is 5.39. The minimum absolute atomic E-state index is 0.422. The van der Waals surface area contributed by atoms with Gasteiger partial charge in [-0.05, 0) is 18.1 Å². The molecule has 0 aliphatic rings. The normalized spacial score (nSPS) is 12.5. The van der Waals surface area contributed by atoms with Crippen molar-refractivity contribution in [2.24, 2.45) is 0 Å². The Morgan fingerprint density at radius 1 is 0.750 bits per heavy atom. The molecule has 0 aliphatic carbocycles. The van der Waals surface area contributed by atoms with E-state index in [1.165, 1.54) is 0 Å². The van der Waals surface area contributed by atoms with Gasteiger partial charge in [0.15, 0.2) is 0 Å². The quantitative estimate of drug-likeness (QED) is 0.590. The molecule has 1 N–H and O–H groups in total. The molecule has 0 saturated carbocycles. The van der Waals surface area contributed by atoms with Gasteiger partial charge in [0.05, 0.1) is 0 Å². The van der Waals surface area contributed by atoms with Crippen LogP contribution in [0.4, 0.5) is 0 Å². The Hall–Kier alpha value is -3.15. The smallest absolute Gasteiger partial charge is 0.215 e. The zero-order chi connectivity index (χ0) is 16.8. The van der Waals surface area contributed by atoms with Gasteiger partial charge in [-0.15, -0.1) is 0 Å². The van der Waals surface area contributed by atoms with Crippen LogP contribution in [0.5, 0.6) is 0 Å². The number of ketones is 1. The SMILES string of the molecule is O=C(c1ccccc1)C(O)(C#Cc1ccccc1)c1ccccc1. The molecular formula is C22H16O2. The van der Waals surface area contributed by atoms with Gasteiger partial charge in [0.1, 0.15) is 0 Å². The minimum Gasteiger partial charge on any atom is -0.367 e. The van der Waals surface area contributed by atoms with Gasteiger partial charge < -0.3 is 5.11 Å². The molecule has 0 bridgehead atoms. The van der Waals surface area contributed by atoms with Crippen molar-refractivity contribution >= 4 is 5.78 Å². The molecule has 0 spiro atoms. The number of rotatable bonds is 3. The number of aliphatic hydroxyl groups is 1. The molecule has 0 fully saturated rings. The molecule has 0 radical (unpaired) electrons. The zero-order valence-electron chi connectivity index (χ0n) is 13.0. The van der Waals surface area contributed by atoms with Crippen molar-refractivity contribution < 1.29 is 9.90 Å². The standard InChI is InChI=1S/C22H16O2/c23-21(19-12-6-2-7-13-19)22(24,20-14-8-3-9-15-20)17-16-18-10-4-1-5-11-18/h1-15,24H. The van der Waals surface area contributed by atoms with Gasteiger partial charge >= 0.3 is 0 Å². The molecular weight excluding hydrogens is 296 g/mol. The summed E-state index contributed by atoms with van der Waals surface area (Å²) in [4.78, 5) is 12.9. The monoisotopic (exact) mass is 312 g/mol. The second kappa shape index (κ2) is 6.95. The van der Waals surface area contributed by atoms with Gasteiger partial charge in [0.25, 0.3) is 0 Å². The molecule has 0 aromatic heterocycles. The molecule has 24 heavy (non-hydrogen) atoms. The molecule has 0 amide bonds. The maximum absolute atomic E-state index is 12.9. The van der Waals surface area contributed by atoms with Gasteiger partial charge in [-0.2, -0.15) is 0 Å². The number of carbonyl (C=O) groups excluding carboxylic acids is 1. The van der Waals surface area contributed by atoms with E-state index >= 15 is 0 Å². The summed E-state index contributed by atoms with van der Waals surface area (Å²) in [7, 11) is 0. The summed E-state index contributed by atoms with van der Waals surface area (Å²) in [5.41, 5.74) is -0.264. The van der Waals surface area contributed by atoms with E-state index < -0.39 is 11.4 Å². The number of hydrogen-bond donors (Lipinski definition) is 1. The highest BCUT2D eigenvalue weighted by Crippen LogP contribution is 2.25. The molecule has 2 heteroatoms. The van der Waals surface area contributed by atoms with Crippen LogP contribution in [0.2, 0.25) is 0 Å². The van der Waals surface area contributed by atoms with Crippen LogP contribution in [0.15, 0.2) is 91.0 Å². The Morgan fingerprint density at radius 2 is 1.25 bits per heavy atom. The summed E-state index contributed by atoms with van der Waals surface area (Å²) >= 11 is 0. The van der Waals surface area contributed by atoms with Crippen molar-refractivity contribution in [3.8, 4) is 11.8 Å². The Morgan fingerprint density at radius 3 is 1.83 bits per heavy atom. The lowest BCUT2D eigenvalue weighted by Gasteiger charge is -2.21. The Kier molecular flexibility index (Phi) is 4.56. The number of Topliss-reactive ketones (excluding diaryl/α,β-unsaturated/α-hetero) is 1. The van der Waals surface area contributed by atoms with E-state index in [4.69, 9.17) is 0 Å². The van der Waals surface area contributed by atoms with Gasteiger partial charge in [-0.3, -0.25) is 4.79 Å². The first-order valence-electron chi connectivity index (χ1n) is 7.66. The molecule has 116 valence electrons. The number of carbonyl (C=O) groups is 1. The lowest BCUT2D eigenvalue weighted by Crippen LogP contribution is -2.34. The van der Waals surface area contributed by atoms with E-state index in [-0.39, 0.29) is 0 Å². The summed E-state index contributed by atoms with van der Waals surface area (Å²) in [6, 6.07) is 26.8. The highest BCUT2D eigenvalue weighted by molar-refractivity contribution is 6.05. The average molecular weight is 312 g/mol. The Balaban J connectivity index is 2.09. The van der Waals surface area contributed by atoms with Gasteiger partial charge in [-0.1, -0.05) is 84.8 Å². The summed E-state index contributed by atoms with van der Waals surface area (Å²) in [6.45, 7) is 0. The number of benzene rings is 3. The van der Waals surface area contributed by atoms with Crippen molar-refractivity contribution in [2.75, 3.05) is 0 Å². The molecule has 0 aliphatic heterocycles. The van der Waals surface area contributed by atoms with E-state index in [9.17, 15) is 9.90 Å². The van der Waals surface area contributed by atoms with Crippen molar-refractivity contribution in [2.45, 2.75) is 5.60 Å². The van der Waals surface area contributed by atoms with Gasteiger partial charge in [0, 0.05) is 16.7 Å². The maximum Gasteiger partial charge on any atom is 0.215 e. The number of hydrogen-bond acceptors (Lipinski definition) is 2. The highest BCUT2D eigenvalue weighted by atomic mass is 16.3. The fraction of sp³-hybridized carbons (Fsp3) is 0.0455. The Bertz CT molecular complexity index is 875. The van der Waals surface area contributed by atoms with E-state index in [0.29, 0.717) is 11.1 Å². The fourth-order valence-electron chi connectivity index (χ4n) is 2.42. The van der Waals surface area contributed by atoms with Crippen LogP contribution in [0.1, 0.15) is 21.5 Å². The van der Waals surface area contributed by atoms with Crippen molar-refractivity contribution in [1.82, 2.24) is 0 Å². The van der Waals surface area contributed by atoms with Gasteiger partial charge in [0.2, 0.25) is 11.4 Å². The van der Waals surface area contributed by atoms with Crippen molar-refractivity contribution in [1.29, 1.82) is 0 Å². The Labute approximate surface area is 141 Å². The van der Waals surface area contributed by atoms with Crippen LogP contribution in [0.3, 0.4) is 0 Å². The van der Waals surface area contributed by atoms with E-state index in [1.54, 1.807) is 48.5 Å². The fourth-order valence-corrected chi connectivity index (χ4v) is 2.42. The van der Waals surface area contributed by atoms with Crippen LogP contribution >= 0.6 is 0 Å². The first kappa shape index (κ1) is 15.7. The predicted octanol–water partition coefficient (Wildman–Crippen LogP) is 3.81. The summed E-state index contributed by atoms with van der Waals surface area (Å²) in [6.07, 6.45) is 0. The summed E-state index contributed by atoms with van der Waals surface area (Å²) < 4.78 is 0. The molecule has 3 aromatic carbocycles. The average Bonchev–Trinajstić information content (AvgIpc) is 2.68. The first-order valence-corrected chi connectivity index (χ1v) is 7.66. The van der Waals surface area contributed by atoms with Crippen LogP contribution in [-0.4, -0.2) is 10.9 Å². The molecule has 3 rings (SSSR count). The molecule has 2 nitrogen and oxygen atoms in total. The lowest BCUT2D eigenvalue weighted by atomic mass is 9.86. The van der Waals surface area contributed by atoms with E-state index in [0.717, 1.165) is 5.56 Å².